The van der Waals surface area contributed by atoms with E-state index >= 15 is 0 Å². The topological polar surface area (TPSA) is 56.1 Å². The second-order valence-electron chi connectivity index (χ2n) is 5.42. The summed E-state index contributed by atoms with van der Waals surface area (Å²) in [6.07, 6.45) is 1.59. The zero-order valence-electron chi connectivity index (χ0n) is 13.5. The fourth-order valence-corrected chi connectivity index (χ4v) is 2.09. The van der Waals surface area contributed by atoms with Crippen LogP contribution in [0.25, 0.3) is 6.08 Å². The van der Waals surface area contributed by atoms with Gasteiger partial charge in [0.15, 0.2) is 0 Å². The van der Waals surface area contributed by atoms with Gasteiger partial charge in [-0.05, 0) is 42.3 Å². The minimum atomic E-state index is -0.404. The van der Waals surface area contributed by atoms with E-state index < -0.39 is 5.91 Å². The van der Waals surface area contributed by atoms with Gasteiger partial charge < -0.3 is 10.2 Å². The van der Waals surface area contributed by atoms with Crippen molar-refractivity contribution in [3.63, 3.8) is 0 Å². The summed E-state index contributed by atoms with van der Waals surface area (Å²) >= 11 is 0. The van der Waals surface area contributed by atoms with Crippen molar-refractivity contribution in [3.8, 4) is 6.07 Å². The first-order valence-corrected chi connectivity index (χ1v) is 7.27. The summed E-state index contributed by atoms with van der Waals surface area (Å²) in [5.41, 5.74) is 3.61. The molecular weight excluding hydrogens is 286 g/mol. The number of nitrogens with zero attached hydrogens (tertiary/aromatic N) is 2. The first-order valence-electron chi connectivity index (χ1n) is 7.27. The number of benzene rings is 2. The Hall–Kier alpha value is -3.06. The Morgan fingerprint density at radius 3 is 2.35 bits per heavy atom. The third-order valence-corrected chi connectivity index (χ3v) is 3.48. The molecule has 2 aromatic rings. The maximum atomic E-state index is 12.3. The van der Waals surface area contributed by atoms with E-state index in [1.165, 1.54) is 0 Å². The minimum absolute atomic E-state index is 0.0749. The molecule has 2 aromatic carbocycles. The molecule has 23 heavy (non-hydrogen) atoms. The molecule has 0 aliphatic heterocycles. The molecule has 2 rings (SSSR count). The van der Waals surface area contributed by atoms with E-state index in [1.807, 2.05) is 80.5 Å². The van der Waals surface area contributed by atoms with Gasteiger partial charge in [-0.2, -0.15) is 5.26 Å². The fourth-order valence-electron chi connectivity index (χ4n) is 2.09. The summed E-state index contributed by atoms with van der Waals surface area (Å²) in [5.74, 6) is -0.404. The zero-order chi connectivity index (χ0) is 16.8. The number of anilines is 2. The minimum Gasteiger partial charge on any atom is -0.378 e. The van der Waals surface area contributed by atoms with Gasteiger partial charge in [-0.25, -0.2) is 0 Å². The Bertz CT molecular complexity index is 768. The fraction of sp³-hybridized carbons (Fsp3) is 0.158. The molecule has 0 unspecified atom stereocenters. The predicted octanol–water partition coefficient (Wildman–Crippen LogP) is 3.61. The van der Waals surface area contributed by atoms with Crippen molar-refractivity contribution < 1.29 is 4.79 Å². The highest BCUT2D eigenvalue weighted by atomic mass is 16.1. The van der Waals surface area contributed by atoms with E-state index in [1.54, 1.807) is 6.08 Å². The lowest BCUT2D eigenvalue weighted by molar-refractivity contribution is -0.112. The summed E-state index contributed by atoms with van der Waals surface area (Å²) in [4.78, 5) is 14.3. The predicted molar refractivity (Wildman–Crippen MR) is 94.2 cm³/mol. The Morgan fingerprint density at radius 1 is 1.13 bits per heavy atom. The lowest BCUT2D eigenvalue weighted by atomic mass is 10.1. The number of nitrogens with one attached hydrogen (secondary N) is 1. The number of hydrogen-bond donors (Lipinski definition) is 1. The molecule has 0 heterocycles. The number of aryl methyl sites for hydroxylation is 1. The second-order valence-corrected chi connectivity index (χ2v) is 5.42. The molecule has 1 amide bonds. The van der Waals surface area contributed by atoms with E-state index in [-0.39, 0.29) is 5.57 Å². The molecule has 0 spiro atoms. The highest BCUT2D eigenvalue weighted by Gasteiger charge is 2.10. The lowest BCUT2D eigenvalue weighted by Gasteiger charge is -2.12. The molecule has 0 aromatic heterocycles. The SMILES string of the molecule is Cc1ccccc1NC(=O)/C(C#N)=C\c1ccc(N(C)C)cc1. The average Bonchev–Trinajstić information content (AvgIpc) is 2.55. The van der Waals surface area contributed by atoms with Gasteiger partial charge in [0, 0.05) is 25.5 Å². The maximum Gasteiger partial charge on any atom is 0.266 e. The van der Waals surface area contributed by atoms with Crippen molar-refractivity contribution >= 4 is 23.4 Å². The van der Waals surface area contributed by atoms with Gasteiger partial charge >= 0.3 is 0 Å². The van der Waals surface area contributed by atoms with E-state index in [0.717, 1.165) is 16.8 Å². The monoisotopic (exact) mass is 305 g/mol. The van der Waals surface area contributed by atoms with Crippen LogP contribution in [-0.2, 0) is 4.79 Å². The van der Waals surface area contributed by atoms with Crippen LogP contribution in [0.2, 0.25) is 0 Å². The number of rotatable bonds is 4. The van der Waals surface area contributed by atoms with Crippen LogP contribution in [0.5, 0.6) is 0 Å². The number of nitriles is 1. The normalized spacial score (nSPS) is 10.8. The molecule has 0 saturated heterocycles. The van der Waals surface area contributed by atoms with Crippen molar-refractivity contribution in [2.24, 2.45) is 0 Å². The van der Waals surface area contributed by atoms with E-state index in [9.17, 15) is 10.1 Å². The van der Waals surface area contributed by atoms with Gasteiger partial charge in [-0.3, -0.25) is 4.79 Å². The van der Waals surface area contributed by atoms with Crippen LogP contribution >= 0.6 is 0 Å². The standard InChI is InChI=1S/C19H19N3O/c1-14-6-4-5-7-18(14)21-19(23)16(13-20)12-15-8-10-17(11-9-15)22(2)3/h4-12H,1-3H3,(H,21,23)/b16-12-. The Balaban J connectivity index is 2.20. The van der Waals surface area contributed by atoms with E-state index in [4.69, 9.17) is 0 Å². The molecular formula is C19H19N3O. The Morgan fingerprint density at radius 2 is 1.78 bits per heavy atom. The van der Waals surface area contributed by atoms with Crippen molar-refractivity contribution in [3.05, 3.63) is 65.2 Å². The van der Waals surface area contributed by atoms with Crippen molar-refractivity contribution in [1.29, 1.82) is 5.26 Å². The number of hydrogen-bond acceptors (Lipinski definition) is 3. The van der Waals surface area contributed by atoms with Crippen LogP contribution < -0.4 is 10.2 Å². The van der Waals surface area contributed by atoms with Gasteiger partial charge in [0.2, 0.25) is 0 Å². The summed E-state index contributed by atoms with van der Waals surface area (Å²) in [6, 6.07) is 17.1. The molecule has 0 atom stereocenters. The van der Waals surface area contributed by atoms with Gasteiger partial charge in [-0.15, -0.1) is 0 Å². The van der Waals surface area contributed by atoms with Crippen molar-refractivity contribution in [2.75, 3.05) is 24.3 Å². The highest BCUT2D eigenvalue weighted by Crippen LogP contribution is 2.17. The maximum absolute atomic E-state index is 12.3. The van der Waals surface area contributed by atoms with Crippen molar-refractivity contribution in [2.45, 2.75) is 6.92 Å². The summed E-state index contributed by atoms with van der Waals surface area (Å²) in [6.45, 7) is 1.91. The Labute approximate surface area is 136 Å². The van der Waals surface area contributed by atoms with Crippen LogP contribution in [0.1, 0.15) is 11.1 Å². The van der Waals surface area contributed by atoms with Gasteiger partial charge in [0.1, 0.15) is 11.6 Å². The van der Waals surface area contributed by atoms with Crippen LogP contribution in [0.15, 0.2) is 54.1 Å². The third-order valence-electron chi connectivity index (χ3n) is 3.48. The zero-order valence-corrected chi connectivity index (χ0v) is 13.5. The summed E-state index contributed by atoms with van der Waals surface area (Å²) in [5, 5.41) is 12.0. The first kappa shape index (κ1) is 16.3. The average molecular weight is 305 g/mol. The third kappa shape index (κ3) is 4.21. The molecule has 0 aliphatic carbocycles. The van der Waals surface area contributed by atoms with Crippen LogP contribution in [0, 0.1) is 18.3 Å². The van der Waals surface area contributed by atoms with Crippen molar-refractivity contribution in [1.82, 2.24) is 0 Å². The number of carbonyl (C=O) groups is 1. The summed E-state index contributed by atoms with van der Waals surface area (Å²) in [7, 11) is 3.92. The van der Waals surface area contributed by atoms with Gasteiger partial charge in [0.05, 0.1) is 0 Å². The second kappa shape index (κ2) is 7.28. The molecule has 1 N–H and O–H groups in total. The highest BCUT2D eigenvalue weighted by molar-refractivity contribution is 6.09. The van der Waals surface area contributed by atoms with Crippen LogP contribution in [-0.4, -0.2) is 20.0 Å². The molecule has 0 fully saturated rings. The number of amides is 1. The first-order chi connectivity index (χ1) is 11.0. The van der Waals surface area contributed by atoms with E-state index in [0.29, 0.717) is 5.69 Å². The molecule has 4 nitrogen and oxygen atoms in total. The Kier molecular flexibility index (Phi) is 5.16. The molecule has 0 radical (unpaired) electrons. The van der Waals surface area contributed by atoms with Gasteiger partial charge in [0.25, 0.3) is 5.91 Å². The summed E-state index contributed by atoms with van der Waals surface area (Å²) < 4.78 is 0. The van der Waals surface area contributed by atoms with Crippen LogP contribution in [0.3, 0.4) is 0 Å². The van der Waals surface area contributed by atoms with E-state index in [2.05, 4.69) is 5.32 Å². The molecule has 0 aliphatic rings. The molecule has 116 valence electrons. The lowest BCUT2D eigenvalue weighted by Crippen LogP contribution is -2.14. The molecule has 0 saturated carbocycles. The van der Waals surface area contributed by atoms with Gasteiger partial charge in [-0.1, -0.05) is 30.3 Å². The molecule has 0 bridgehead atoms. The quantitative estimate of drug-likeness (QED) is 0.693. The molecule has 4 heteroatoms. The largest absolute Gasteiger partial charge is 0.378 e. The number of carbonyl (C=O) groups excluding carboxylic acids is 1. The van der Waals surface area contributed by atoms with Crippen LogP contribution in [0.4, 0.5) is 11.4 Å². The number of para-hydroxylation sites is 1. The smallest absolute Gasteiger partial charge is 0.266 e.